The van der Waals surface area contributed by atoms with E-state index in [9.17, 15) is 4.79 Å². The maximum atomic E-state index is 12.1. The molecule has 196 valence electrons. The fourth-order valence-corrected chi connectivity index (χ4v) is 4.88. The number of amides is 1. The van der Waals surface area contributed by atoms with E-state index in [2.05, 4.69) is 72.6 Å². The Kier molecular flexibility index (Phi) is 7.56. The van der Waals surface area contributed by atoms with Gasteiger partial charge in [-0.25, -0.2) is 0 Å². The number of hydrogen-bond acceptors (Lipinski definition) is 6. The monoisotopic (exact) mass is 510 g/mol. The lowest BCUT2D eigenvalue weighted by molar-refractivity contribution is -0.132. The molecule has 1 atom stereocenters. The molecule has 0 aliphatic carbocycles. The van der Waals surface area contributed by atoms with E-state index in [4.69, 9.17) is 9.26 Å². The highest BCUT2D eigenvalue weighted by atomic mass is 16.5. The summed E-state index contributed by atoms with van der Waals surface area (Å²) in [6.07, 6.45) is 1.78. The molecule has 1 amide bonds. The maximum Gasteiger partial charge on any atom is 0.236 e. The lowest BCUT2D eigenvalue weighted by Crippen LogP contribution is -2.47. The van der Waals surface area contributed by atoms with Crippen LogP contribution in [0.15, 0.2) is 83.5 Å². The van der Waals surface area contributed by atoms with Gasteiger partial charge in [-0.15, -0.1) is 0 Å². The molecule has 1 fully saturated rings. The Bertz CT molecular complexity index is 1350. The summed E-state index contributed by atoms with van der Waals surface area (Å²) >= 11 is 0. The third-order valence-electron chi connectivity index (χ3n) is 7.59. The third kappa shape index (κ3) is 5.48. The molecule has 7 heteroatoms. The van der Waals surface area contributed by atoms with Gasteiger partial charge in [0.15, 0.2) is 5.76 Å². The van der Waals surface area contributed by atoms with Crippen molar-refractivity contribution in [2.24, 2.45) is 5.92 Å². The number of hydrogen-bond donors (Lipinski definition) is 1. The lowest BCUT2D eigenvalue weighted by Gasteiger charge is -2.35. The minimum absolute atomic E-state index is 0.0888. The summed E-state index contributed by atoms with van der Waals surface area (Å²) in [6, 6.07) is 24.6. The number of benzene rings is 2. The number of carbonyl (C=O) groups excluding carboxylic acids is 1. The van der Waals surface area contributed by atoms with Crippen LogP contribution in [0.25, 0.3) is 11.3 Å². The van der Waals surface area contributed by atoms with Gasteiger partial charge >= 0.3 is 0 Å². The van der Waals surface area contributed by atoms with Gasteiger partial charge in [0.2, 0.25) is 5.91 Å². The van der Waals surface area contributed by atoms with Crippen LogP contribution in [-0.4, -0.2) is 40.6 Å². The van der Waals surface area contributed by atoms with Crippen molar-refractivity contribution in [1.29, 1.82) is 0 Å². The second kappa shape index (κ2) is 11.2. The van der Waals surface area contributed by atoms with Crippen molar-refractivity contribution < 1.29 is 14.1 Å². The molecule has 2 aromatic heterocycles. The Morgan fingerprint density at radius 1 is 1.03 bits per heavy atom. The fraction of sp³-hybridized carbons (Fsp3) is 0.323. The molecule has 4 aromatic rings. The highest BCUT2D eigenvalue weighted by Gasteiger charge is 2.32. The van der Waals surface area contributed by atoms with Gasteiger partial charge in [-0.05, 0) is 41.3 Å². The zero-order valence-electron chi connectivity index (χ0n) is 22.2. The van der Waals surface area contributed by atoms with Crippen LogP contribution in [0, 0.1) is 5.92 Å². The number of aromatic nitrogens is 2. The normalized spacial score (nSPS) is 15.5. The molecule has 1 saturated heterocycles. The van der Waals surface area contributed by atoms with Crippen molar-refractivity contribution in [1.82, 2.24) is 20.4 Å². The van der Waals surface area contributed by atoms with Crippen molar-refractivity contribution in [3.63, 3.8) is 0 Å². The maximum absolute atomic E-state index is 12.1. The zero-order valence-corrected chi connectivity index (χ0v) is 22.2. The second-order valence-corrected chi connectivity index (χ2v) is 10.2. The number of nitrogens with one attached hydrogen (secondary N) is 1. The van der Waals surface area contributed by atoms with E-state index in [-0.39, 0.29) is 11.3 Å². The van der Waals surface area contributed by atoms with E-state index in [1.807, 2.05) is 41.3 Å². The van der Waals surface area contributed by atoms with Gasteiger partial charge < -0.3 is 19.5 Å². The molecule has 7 nitrogen and oxygen atoms in total. The Hall–Kier alpha value is -3.97. The first-order chi connectivity index (χ1) is 18.4. The first-order valence-electron chi connectivity index (χ1n) is 13.1. The topological polar surface area (TPSA) is 80.5 Å². The average molecular weight is 511 g/mol. The highest BCUT2D eigenvalue weighted by molar-refractivity contribution is 5.79. The van der Waals surface area contributed by atoms with Gasteiger partial charge in [-0.1, -0.05) is 68.4 Å². The molecule has 3 heterocycles. The zero-order chi connectivity index (χ0) is 26.5. The lowest BCUT2D eigenvalue weighted by atomic mass is 9.68. The molecule has 0 bridgehead atoms. The molecule has 1 unspecified atom stereocenters. The summed E-state index contributed by atoms with van der Waals surface area (Å²) in [5.41, 5.74) is 4.89. The quantitative estimate of drug-likeness (QED) is 0.333. The van der Waals surface area contributed by atoms with Gasteiger partial charge in [0.25, 0.3) is 0 Å². The van der Waals surface area contributed by atoms with Crippen LogP contribution in [-0.2, 0) is 23.4 Å². The largest absolute Gasteiger partial charge is 0.487 e. The first-order valence-corrected chi connectivity index (χ1v) is 13.1. The second-order valence-electron chi connectivity index (χ2n) is 10.2. The fourth-order valence-electron chi connectivity index (χ4n) is 4.88. The molecule has 38 heavy (non-hydrogen) atoms. The Balaban J connectivity index is 1.30. The molecule has 1 aliphatic rings. The number of rotatable bonds is 9. The number of pyridine rings is 1. The van der Waals surface area contributed by atoms with Gasteiger partial charge in [-0.2, -0.15) is 0 Å². The van der Waals surface area contributed by atoms with Crippen LogP contribution < -0.4 is 10.1 Å². The molecular formula is C31H34N4O3. The SMILES string of the molecule is CC(C)C(C)(c1ccc(OCc2ccccn2)cc1)c1ccc(-c2cc(CN3CCNCC3=O)no2)cc1. The van der Waals surface area contributed by atoms with E-state index in [1.165, 1.54) is 11.1 Å². The first kappa shape index (κ1) is 25.7. The summed E-state index contributed by atoms with van der Waals surface area (Å²) in [7, 11) is 0. The Labute approximate surface area is 223 Å². The van der Waals surface area contributed by atoms with E-state index >= 15 is 0 Å². The summed E-state index contributed by atoms with van der Waals surface area (Å²) in [6.45, 7) is 9.55. The van der Waals surface area contributed by atoms with Crippen LogP contribution >= 0.6 is 0 Å². The molecule has 0 spiro atoms. The van der Waals surface area contributed by atoms with Gasteiger partial charge in [0.1, 0.15) is 18.1 Å². The van der Waals surface area contributed by atoms with Crippen molar-refractivity contribution in [3.05, 3.63) is 102 Å². The smallest absolute Gasteiger partial charge is 0.236 e. The predicted molar refractivity (Wildman–Crippen MR) is 147 cm³/mol. The van der Waals surface area contributed by atoms with Gasteiger partial charge in [0, 0.05) is 36.3 Å². The molecule has 1 aliphatic heterocycles. The molecule has 0 radical (unpaired) electrons. The van der Waals surface area contributed by atoms with E-state index < -0.39 is 0 Å². The predicted octanol–water partition coefficient (Wildman–Crippen LogP) is 5.21. The molecule has 0 saturated carbocycles. The standard InChI is InChI=1S/C31H34N4O3/c1-22(2)31(3,25-11-13-28(14-12-25)37-21-26-6-4-5-15-33-26)24-9-7-23(8-10-24)29-18-27(34-38-29)20-35-17-16-32-19-30(35)36/h4-15,18,22,32H,16-17,19-21H2,1-3H3. The van der Waals surface area contributed by atoms with Crippen molar-refractivity contribution in [2.75, 3.05) is 19.6 Å². The molecule has 5 rings (SSSR count). The van der Waals surface area contributed by atoms with Crippen molar-refractivity contribution in [2.45, 2.75) is 39.3 Å². The summed E-state index contributed by atoms with van der Waals surface area (Å²) in [5, 5.41) is 7.29. The van der Waals surface area contributed by atoms with Crippen LogP contribution in [0.3, 0.4) is 0 Å². The van der Waals surface area contributed by atoms with Crippen LogP contribution in [0.4, 0.5) is 0 Å². The minimum Gasteiger partial charge on any atom is -0.487 e. The summed E-state index contributed by atoms with van der Waals surface area (Å²) in [4.78, 5) is 18.2. The van der Waals surface area contributed by atoms with Crippen LogP contribution in [0.2, 0.25) is 0 Å². The highest BCUT2D eigenvalue weighted by Crippen LogP contribution is 2.40. The summed E-state index contributed by atoms with van der Waals surface area (Å²) in [5.74, 6) is 1.98. The Morgan fingerprint density at radius 2 is 1.76 bits per heavy atom. The van der Waals surface area contributed by atoms with Crippen LogP contribution in [0.1, 0.15) is 43.3 Å². The molecular weight excluding hydrogens is 476 g/mol. The number of piperazine rings is 1. The minimum atomic E-state index is -0.187. The molecule has 1 N–H and O–H groups in total. The Morgan fingerprint density at radius 3 is 2.42 bits per heavy atom. The number of carbonyl (C=O) groups is 1. The van der Waals surface area contributed by atoms with Gasteiger partial charge in [-0.3, -0.25) is 9.78 Å². The van der Waals surface area contributed by atoms with Crippen molar-refractivity contribution >= 4 is 5.91 Å². The number of ether oxygens (including phenoxy) is 1. The van der Waals surface area contributed by atoms with E-state index in [0.29, 0.717) is 37.9 Å². The van der Waals surface area contributed by atoms with E-state index in [0.717, 1.165) is 29.2 Å². The van der Waals surface area contributed by atoms with Gasteiger partial charge in [0.05, 0.1) is 18.8 Å². The summed E-state index contributed by atoms with van der Waals surface area (Å²) < 4.78 is 11.6. The molecule has 2 aromatic carbocycles. The van der Waals surface area contributed by atoms with Crippen LogP contribution in [0.5, 0.6) is 5.75 Å². The third-order valence-corrected chi connectivity index (χ3v) is 7.59. The van der Waals surface area contributed by atoms with E-state index in [1.54, 1.807) is 6.20 Å². The van der Waals surface area contributed by atoms with Crippen molar-refractivity contribution in [3.8, 4) is 17.1 Å². The number of nitrogens with zero attached hydrogens (tertiary/aromatic N) is 3. The average Bonchev–Trinajstić information content (AvgIpc) is 3.42.